The minimum absolute atomic E-state index is 0.0673. The van der Waals surface area contributed by atoms with E-state index in [0.717, 1.165) is 12.1 Å². The lowest BCUT2D eigenvalue weighted by Crippen LogP contribution is -2.39. The van der Waals surface area contributed by atoms with Crippen LogP contribution in [0, 0.1) is 18.6 Å². The predicted octanol–water partition coefficient (Wildman–Crippen LogP) is 2.84. The zero-order valence-corrected chi connectivity index (χ0v) is 9.94. The summed E-state index contributed by atoms with van der Waals surface area (Å²) >= 11 is 0. The van der Waals surface area contributed by atoms with E-state index in [9.17, 15) is 13.9 Å². The van der Waals surface area contributed by atoms with E-state index in [0.29, 0.717) is 0 Å². The molecule has 0 amide bonds. The van der Waals surface area contributed by atoms with Crippen LogP contribution >= 0.6 is 0 Å². The van der Waals surface area contributed by atoms with Gasteiger partial charge in [-0.05, 0) is 39.3 Å². The molecule has 1 rings (SSSR count). The molecule has 0 bridgehead atoms. The molecule has 0 saturated carbocycles. The van der Waals surface area contributed by atoms with Gasteiger partial charge in [-0.1, -0.05) is 0 Å². The Bertz CT molecular complexity index is 385. The molecule has 1 aromatic carbocycles. The molecule has 0 radical (unpaired) electrons. The van der Waals surface area contributed by atoms with Crippen LogP contribution in [0.2, 0.25) is 0 Å². The first kappa shape index (κ1) is 12.9. The molecule has 0 spiro atoms. The molecule has 0 aliphatic heterocycles. The van der Waals surface area contributed by atoms with Crippen molar-refractivity contribution in [1.29, 1.82) is 0 Å². The van der Waals surface area contributed by atoms with Gasteiger partial charge in [0, 0.05) is 6.07 Å². The van der Waals surface area contributed by atoms with Gasteiger partial charge in [-0.2, -0.15) is 0 Å². The van der Waals surface area contributed by atoms with E-state index in [1.54, 1.807) is 20.8 Å². The molecule has 90 valence electrons. The van der Waals surface area contributed by atoms with E-state index < -0.39 is 17.2 Å². The van der Waals surface area contributed by atoms with Crippen molar-refractivity contribution in [2.75, 3.05) is 5.32 Å². The van der Waals surface area contributed by atoms with Gasteiger partial charge in [0.15, 0.2) is 0 Å². The fraction of sp³-hybridized carbons (Fsp3) is 0.500. The van der Waals surface area contributed by atoms with Crippen LogP contribution in [0.3, 0.4) is 0 Å². The van der Waals surface area contributed by atoms with Gasteiger partial charge in [0.1, 0.15) is 11.6 Å². The lowest BCUT2D eigenvalue weighted by atomic mass is 10.0. The summed E-state index contributed by atoms with van der Waals surface area (Å²) in [5.74, 6) is -0.984. The lowest BCUT2D eigenvalue weighted by molar-refractivity contribution is 0.0648. The molecule has 2 N–H and O–H groups in total. The van der Waals surface area contributed by atoms with Gasteiger partial charge in [-0.25, -0.2) is 8.78 Å². The van der Waals surface area contributed by atoms with Gasteiger partial charge >= 0.3 is 0 Å². The van der Waals surface area contributed by atoms with Gasteiger partial charge < -0.3 is 10.4 Å². The lowest BCUT2D eigenvalue weighted by Gasteiger charge is -2.27. The molecule has 0 heterocycles. The third-order valence-electron chi connectivity index (χ3n) is 2.68. The van der Waals surface area contributed by atoms with Crippen molar-refractivity contribution >= 4 is 5.69 Å². The normalized spacial score (nSPS) is 13.7. The molecule has 0 aromatic heterocycles. The quantitative estimate of drug-likeness (QED) is 0.835. The SMILES string of the molecule is Cc1cc(F)c(NC(C)C(C)(C)O)cc1F. The molecule has 0 aliphatic rings. The number of benzene rings is 1. The molecule has 16 heavy (non-hydrogen) atoms. The van der Waals surface area contributed by atoms with Crippen LogP contribution in [-0.2, 0) is 0 Å². The topological polar surface area (TPSA) is 32.3 Å². The van der Waals surface area contributed by atoms with E-state index in [1.165, 1.54) is 6.92 Å². The fourth-order valence-corrected chi connectivity index (χ4v) is 1.17. The largest absolute Gasteiger partial charge is 0.388 e. The predicted molar refractivity (Wildman–Crippen MR) is 60.5 cm³/mol. The van der Waals surface area contributed by atoms with Gasteiger partial charge in [-0.3, -0.25) is 0 Å². The molecular formula is C12H17F2NO. The van der Waals surface area contributed by atoms with E-state index >= 15 is 0 Å². The van der Waals surface area contributed by atoms with Crippen LogP contribution in [0.5, 0.6) is 0 Å². The Morgan fingerprint density at radius 1 is 1.25 bits per heavy atom. The first-order valence-corrected chi connectivity index (χ1v) is 5.16. The first-order chi connectivity index (χ1) is 7.21. The van der Waals surface area contributed by atoms with Crippen molar-refractivity contribution < 1.29 is 13.9 Å². The van der Waals surface area contributed by atoms with Crippen LogP contribution < -0.4 is 5.32 Å². The van der Waals surface area contributed by atoms with Crippen molar-refractivity contribution in [1.82, 2.24) is 0 Å². The van der Waals surface area contributed by atoms with Crippen LogP contribution in [0.4, 0.5) is 14.5 Å². The first-order valence-electron chi connectivity index (χ1n) is 5.16. The van der Waals surface area contributed by atoms with E-state index in [-0.39, 0.29) is 17.3 Å². The molecule has 0 fully saturated rings. The van der Waals surface area contributed by atoms with Crippen molar-refractivity contribution in [3.63, 3.8) is 0 Å². The molecular weight excluding hydrogens is 212 g/mol. The summed E-state index contributed by atoms with van der Waals surface area (Å²) in [7, 11) is 0. The summed E-state index contributed by atoms with van der Waals surface area (Å²) in [4.78, 5) is 0. The number of hydrogen-bond acceptors (Lipinski definition) is 2. The fourth-order valence-electron chi connectivity index (χ4n) is 1.17. The van der Waals surface area contributed by atoms with E-state index in [2.05, 4.69) is 5.32 Å². The second-order valence-electron chi connectivity index (χ2n) is 4.60. The highest BCUT2D eigenvalue weighted by Gasteiger charge is 2.23. The van der Waals surface area contributed by atoms with Crippen molar-refractivity contribution in [3.05, 3.63) is 29.3 Å². The molecule has 1 aromatic rings. The van der Waals surface area contributed by atoms with E-state index in [4.69, 9.17) is 0 Å². The maximum absolute atomic E-state index is 13.5. The Kier molecular flexibility index (Phi) is 3.53. The molecule has 1 unspecified atom stereocenters. The van der Waals surface area contributed by atoms with Crippen molar-refractivity contribution in [2.24, 2.45) is 0 Å². The standard InChI is InChI=1S/C12H17F2NO/c1-7-5-10(14)11(6-9(7)13)15-8(2)12(3,4)16/h5-6,8,15-16H,1-4H3. The highest BCUT2D eigenvalue weighted by Crippen LogP contribution is 2.22. The Labute approximate surface area is 94.3 Å². The average molecular weight is 229 g/mol. The van der Waals surface area contributed by atoms with Crippen LogP contribution in [-0.4, -0.2) is 16.7 Å². The van der Waals surface area contributed by atoms with Crippen LogP contribution in [0.15, 0.2) is 12.1 Å². The number of nitrogens with one attached hydrogen (secondary N) is 1. The zero-order chi connectivity index (χ0) is 12.5. The number of anilines is 1. The summed E-state index contributed by atoms with van der Waals surface area (Å²) in [5.41, 5.74) is -0.676. The maximum atomic E-state index is 13.5. The number of halogens is 2. The van der Waals surface area contributed by atoms with Crippen LogP contribution in [0.25, 0.3) is 0 Å². The van der Waals surface area contributed by atoms with Crippen LogP contribution in [0.1, 0.15) is 26.3 Å². The number of rotatable bonds is 3. The third kappa shape index (κ3) is 2.92. The van der Waals surface area contributed by atoms with Gasteiger partial charge in [0.25, 0.3) is 0 Å². The van der Waals surface area contributed by atoms with Gasteiger partial charge in [0.05, 0.1) is 17.3 Å². The summed E-state index contributed by atoms with van der Waals surface area (Å²) in [5, 5.41) is 12.4. The van der Waals surface area contributed by atoms with Gasteiger partial charge in [0.2, 0.25) is 0 Å². The molecule has 2 nitrogen and oxygen atoms in total. The van der Waals surface area contributed by atoms with Crippen molar-refractivity contribution in [3.8, 4) is 0 Å². The maximum Gasteiger partial charge on any atom is 0.146 e. The second kappa shape index (κ2) is 4.37. The second-order valence-corrected chi connectivity index (χ2v) is 4.60. The highest BCUT2D eigenvalue weighted by atomic mass is 19.1. The minimum Gasteiger partial charge on any atom is -0.388 e. The third-order valence-corrected chi connectivity index (χ3v) is 2.68. The minimum atomic E-state index is -1.01. The zero-order valence-electron chi connectivity index (χ0n) is 9.94. The Hall–Kier alpha value is -1.16. The summed E-state index contributed by atoms with van der Waals surface area (Å²) < 4.78 is 26.7. The smallest absolute Gasteiger partial charge is 0.146 e. The Morgan fingerprint density at radius 2 is 1.81 bits per heavy atom. The summed E-state index contributed by atoms with van der Waals surface area (Å²) in [6, 6.07) is 1.85. The summed E-state index contributed by atoms with van der Waals surface area (Å²) in [6.45, 7) is 6.42. The monoisotopic (exact) mass is 229 g/mol. The Balaban J connectivity index is 2.94. The summed E-state index contributed by atoms with van der Waals surface area (Å²) in [6.07, 6.45) is 0. The van der Waals surface area contributed by atoms with Crippen molar-refractivity contribution in [2.45, 2.75) is 39.3 Å². The molecule has 4 heteroatoms. The number of hydrogen-bond donors (Lipinski definition) is 2. The molecule has 0 aliphatic carbocycles. The number of aliphatic hydroxyl groups is 1. The Morgan fingerprint density at radius 3 is 2.31 bits per heavy atom. The molecule has 1 atom stereocenters. The average Bonchev–Trinajstić information content (AvgIpc) is 2.12. The van der Waals surface area contributed by atoms with Gasteiger partial charge in [-0.15, -0.1) is 0 Å². The van der Waals surface area contributed by atoms with E-state index in [1.807, 2.05) is 0 Å². The highest BCUT2D eigenvalue weighted by molar-refractivity contribution is 5.48. The molecule has 0 saturated heterocycles. The number of aryl methyl sites for hydroxylation is 1.